The van der Waals surface area contributed by atoms with Crippen LogP contribution >= 0.6 is 39.1 Å². The van der Waals surface area contributed by atoms with Gasteiger partial charge < -0.3 is 5.11 Å². The number of phenols is 1. The number of hydrogen-bond donors (Lipinski definition) is 1. The lowest BCUT2D eigenvalue weighted by Crippen LogP contribution is -2.60. The van der Waals surface area contributed by atoms with E-state index in [-0.39, 0.29) is 35.4 Å². The number of amides is 4. The first kappa shape index (κ1) is 26.9. The van der Waals surface area contributed by atoms with Gasteiger partial charge in [-0.3, -0.25) is 39.1 Å². The molecule has 2 aliphatic heterocycles. The molecule has 2 aromatic rings. The Morgan fingerprint density at radius 2 is 1.62 bits per heavy atom. The van der Waals surface area contributed by atoms with E-state index < -0.39 is 62.0 Å². The van der Waals surface area contributed by atoms with Crippen LogP contribution in [-0.2, 0) is 19.2 Å². The fraction of sp³-hybridized carbons (Fsp3) is 0.333. The normalized spacial score (nSPS) is 33.0. The summed E-state index contributed by atoms with van der Waals surface area (Å²) in [6, 6.07) is 11.2. The van der Waals surface area contributed by atoms with E-state index in [2.05, 4.69) is 15.9 Å². The molecule has 2 aromatic carbocycles. The number of phenolic OH excluding ortho intramolecular Hbond substituents is 1. The van der Waals surface area contributed by atoms with E-state index in [0.29, 0.717) is 11.1 Å². The molecule has 0 aromatic heterocycles. The third-order valence-corrected chi connectivity index (χ3v) is 10.5. The minimum atomic E-state index is -1.92. The maximum absolute atomic E-state index is 13.9. The largest absolute Gasteiger partial charge is 0.508 e. The van der Waals surface area contributed by atoms with Crippen LogP contribution in [0.5, 0.6) is 5.75 Å². The van der Waals surface area contributed by atoms with E-state index >= 15 is 0 Å². The highest BCUT2D eigenvalue weighted by Gasteiger charge is 2.76. The highest BCUT2D eigenvalue weighted by Crippen LogP contribution is 2.65. The van der Waals surface area contributed by atoms with Gasteiger partial charge in [-0.15, -0.1) is 23.2 Å². The van der Waals surface area contributed by atoms with Crippen LogP contribution in [0.1, 0.15) is 24.3 Å². The predicted molar refractivity (Wildman–Crippen MR) is 147 cm³/mol. The third kappa shape index (κ3) is 3.40. The second-order valence-electron chi connectivity index (χ2n) is 10.4. The number of benzene rings is 2. The van der Waals surface area contributed by atoms with Gasteiger partial charge in [0.25, 0.3) is 17.5 Å². The quantitative estimate of drug-likeness (QED) is 0.131. The van der Waals surface area contributed by atoms with Crippen LogP contribution in [0.3, 0.4) is 0 Å². The Morgan fingerprint density at radius 3 is 2.23 bits per heavy atom. The van der Waals surface area contributed by atoms with E-state index in [9.17, 15) is 34.4 Å². The molecule has 40 heavy (non-hydrogen) atoms. The first-order valence-corrected chi connectivity index (χ1v) is 14.2. The number of alkyl halides is 3. The summed E-state index contributed by atoms with van der Waals surface area (Å²) in [5.41, 5.74) is 1.04. The van der Waals surface area contributed by atoms with Crippen LogP contribution in [0.15, 0.2) is 60.2 Å². The van der Waals surface area contributed by atoms with Crippen molar-refractivity contribution in [3.8, 4) is 5.75 Å². The topological polar surface area (TPSA) is 138 Å². The number of hydrogen-bond acceptors (Lipinski definition) is 7. The molecule has 2 saturated heterocycles. The minimum Gasteiger partial charge on any atom is -0.508 e. The Labute approximate surface area is 245 Å². The van der Waals surface area contributed by atoms with Crippen molar-refractivity contribution in [2.75, 3.05) is 10.4 Å². The number of nitro benzene ring substituents is 1. The number of fused-ring (bicyclic) bond motifs is 4. The van der Waals surface area contributed by atoms with Crippen molar-refractivity contribution in [3.05, 3.63) is 75.9 Å². The number of likely N-dealkylation sites (tertiary alicyclic amines) is 1. The van der Waals surface area contributed by atoms with Gasteiger partial charge in [0.1, 0.15) is 5.75 Å². The van der Waals surface area contributed by atoms with Crippen molar-refractivity contribution in [1.29, 1.82) is 0 Å². The van der Waals surface area contributed by atoms with Crippen molar-refractivity contribution < 1.29 is 29.2 Å². The van der Waals surface area contributed by atoms with Crippen LogP contribution in [0.25, 0.3) is 0 Å². The first-order valence-electron chi connectivity index (χ1n) is 12.4. The Balaban J connectivity index is 1.48. The summed E-state index contributed by atoms with van der Waals surface area (Å²) in [5, 5.41) is 21.0. The predicted octanol–water partition coefficient (Wildman–Crippen LogP) is 4.22. The zero-order valence-electron chi connectivity index (χ0n) is 20.5. The van der Waals surface area contributed by atoms with Crippen LogP contribution in [0.4, 0.5) is 11.4 Å². The van der Waals surface area contributed by atoms with Gasteiger partial charge in [-0.1, -0.05) is 39.7 Å². The van der Waals surface area contributed by atoms with Gasteiger partial charge >= 0.3 is 0 Å². The number of nitro groups is 1. The molecule has 0 radical (unpaired) electrons. The molecule has 0 spiro atoms. The van der Waals surface area contributed by atoms with E-state index in [1.165, 1.54) is 36.4 Å². The molecule has 4 amide bonds. The molecular weight excluding hydrogens is 629 g/mol. The minimum absolute atomic E-state index is 0.0132. The molecule has 1 N–H and O–H groups in total. The zero-order valence-corrected chi connectivity index (χ0v) is 23.6. The average Bonchev–Trinajstić information content (AvgIpc) is 3.27. The van der Waals surface area contributed by atoms with Gasteiger partial charge in [0.15, 0.2) is 9.75 Å². The SMILES string of the molecule is O=C1[C@H]2[C@H](CC=C3[C@H]2C[C@@]2(Cl)C(=O)N(CBr)C(=O)[C@@]2(Cl)[C@H]3c2ccc(O)cc2)C(=O)N1c1ccc([N+](=O)[O-])cc1. The lowest BCUT2D eigenvalue weighted by Gasteiger charge is -2.50. The van der Waals surface area contributed by atoms with Gasteiger partial charge in [0.05, 0.1) is 27.9 Å². The number of nitrogens with zero attached hydrogens (tertiary/aromatic N) is 3. The molecule has 0 unspecified atom stereocenters. The Bertz CT molecular complexity index is 1530. The second kappa shape index (κ2) is 9.12. The number of carbonyl (C=O) groups excluding carboxylic acids is 4. The first-order chi connectivity index (χ1) is 19.0. The third-order valence-electron chi connectivity index (χ3n) is 8.56. The van der Waals surface area contributed by atoms with Crippen molar-refractivity contribution in [2.45, 2.75) is 28.5 Å². The van der Waals surface area contributed by atoms with Crippen molar-refractivity contribution >= 4 is 74.1 Å². The van der Waals surface area contributed by atoms with Gasteiger partial charge in [0.2, 0.25) is 11.8 Å². The van der Waals surface area contributed by atoms with Crippen LogP contribution in [-0.4, -0.2) is 53.8 Å². The van der Waals surface area contributed by atoms with E-state index in [1.54, 1.807) is 12.1 Å². The molecule has 6 rings (SSSR count). The maximum Gasteiger partial charge on any atom is 0.269 e. The standard InChI is InChI=1S/C27H20BrCl2N3O7/c28-12-31-24(37)26(29)11-19-17(21(27(26,30)25(31)38)13-1-7-16(34)8-2-13)9-10-18-20(19)23(36)32(22(18)35)14-3-5-15(6-4-14)33(39)40/h1-9,18-21,34H,10-12H2/t18-,19+,20-,21-,26+,27-/m0/s1. The number of halogens is 3. The number of aromatic hydroxyl groups is 1. The molecule has 1 saturated carbocycles. The Kier molecular flexibility index (Phi) is 6.14. The maximum atomic E-state index is 13.9. The number of rotatable bonds is 4. The van der Waals surface area contributed by atoms with E-state index in [1.807, 2.05) is 6.08 Å². The van der Waals surface area contributed by atoms with Gasteiger partial charge in [-0.05, 0) is 48.6 Å². The van der Waals surface area contributed by atoms with E-state index in [4.69, 9.17) is 23.2 Å². The molecule has 0 bridgehead atoms. The van der Waals surface area contributed by atoms with E-state index in [0.717, 1.165) is 9.80 Å². The Hall–Kier alpha value is -3.28. The fourth-order valence-corrected chi connectivity index (χ4v) is 8.20. The fourth-order valence-electron chi connectivity index (χ4n) is 6.77. The smallest absolute Gasteiger partial charge is 0.269 e. The van der Waals surface area contributed by atoms with Crippen molar-refractivity contribution in [2.24, 2.45) is 17.8 Å². The number of carbonyl (C=O) groups is 4. The van der Waals surface area contributed by atoms with Gasteiger partial charge in [0, 0.05) is 18.1 Å². The molecule has 13 heteroatoms. The average molecular weight is 649 g/mol. The highest BCUT2D eigenvalue weighted by molar-refractivity contribution is 9.09. The molecule has 2 aliphatic carbocycles. The van der Waals surface area contributed by atoms with Crippen LogP contribution in [0.2, 0.25) is 0 Å². The molecule has 3 fully saturated rings. The molecule has 10 nitrogen and oxygen atoms in total. The summed E-state index contributed by atoms with van der Waals surface area (Å²) in [6.45, 7) is 0. The van der Waals surface area contributed by atoms with Gasteiger partial charge in [-0.25, -0.2) is 0 Å². The highest BCUT2D eigenvalue weighted by atomic mass is 79.9. The summed E-state index contributed by atoms with van der Waals surface area (Å²) in [4.78, 5) is 63.4. The number of imide groups is 2. The summed E-state index contributed by atoms with van der Waals surface area (Å²) >= 11 is 17.5. The summed E-state index contributed by atoms with van der Waals surface area (Å²) < 4.78 is 0. The summed E-state index contributed by atoms with van der Waals surface area (Å²) in [5.74, 6) is -5.62. The summed E-state index contributed by atoms with van der Waals surface area (Å²) in [6.07, 6.45) is 1.84. The van der Waals surface area contributed by atoms with Crippen LogP contribution < -0.4 is 4.90 Å². The Morgan fingerprint density at radius 1 is 0.975 bits per heavy atom. The number of non-ortho nitro benzene ring substituents is 1. The second-order valence-corrected chi connectivity index (χ2v) is 12.1. The molecule has 2 heterocycles. The lowest BCUT2D eigenvalue weighted by atomic mass is 9.56. The van der Waals surface area contributed by atoms with Gasteiger partial charge in [-0.2, -0.15) is 0 Å². The van der Waals surface area contributed by atoms with Crippen LogP contribution in [0, 0.1) is 27.9 Å². The zero-order chi connectivity index (χ0) is 28.7. The molecule has 206 valence electrons. The number of anilines is 1. The van der Waals surface area contributed by atoms with Crippen molar-refractivity contribution in [3.63, 3.8) is 0 Å². The number of allylic oxidation sites excluding steroid dienone is 2. The molecule has 6 atom stereocenters. The monoisotopic (exact) mass is 647 g/mol. The molecular formula is C27H20BrCl2N3O7. The van der Waals surface area contributed by atoms with Crippen molar-refractivity contribution in [1.82, 2.24) is 4.90 Å². The molecule has 4 aliphatic rings. The summed E-state index contributed by atoms with van der Waals surface area (Å²) in [7, 11) is 0. The lowest BCUT2D eigenvalue weighted by molar-refractivity contribution is -0.384.